The number of aromatic nitrogens is 4. The van der Waals surface area contributed by atoms with Gasteiger partial charge in [-0.25, -0.2) is 9.13 Å². The molecular weight excluding hydrogens is 540 g/mol. The first-order valence-corrected chi connectivity index (χ1v) is 14.9. The van der Waals surface area contributed by atoms with Gasteiger partial charge in [-0.2, -0.15) is 10.2 Å². The van der Waals surface area contributed by atoms with E-state index in [0.29, 0.717) is 30.8 Å². The number of hydrogen-bond donors (Lipinski definition) is 0. The maximum atomic E-state index is 13.0. The van der Waals surface area contributed by atoms with E-state index in [4.69, 9.17) is 14.6 Å². The number of ether oxygens (including phenoxy) is 2. The molecule has 3 atom stereocenters. The molecule has 3 aromatic rings. The van der Waals surface area contributed by atoms with Gasteiger partial charge >= 0.3 is 0 Å². The smallest absolute Gasteiger partial charge is 0.290 e. The van der Waals surface area contributed by atoms with Crippen LogP contribution in [0.1, 0.15) is 33.6 Å². The number of morpholine rings is 1. The molecule has 32 heavy (non-hydrogen) atoms. The van der Waals surface area contributed by atoms with Crippen molar-refractivity contribution >= 4 is 45.0 Å². The number of fused-ring (bicyclic) bond motifs is 1. The second-order valence-corrected chi connectivity index (χ2v) is 11.1. The molecule has 0 bridgehead atoms. The second kappa shape index (κ2) is 8.25. The average Bonchev–Trinajstić information content (AvgIpc) is 3.35. The lowest BCUT2D eigenvalue weighted by Gasteiger charge is -2.36. The minimum Gasteiger partial charge on any atom is -0.488 e. The Labute approximate surface area is 201 Å². The molecule has 2 aromatic heterocycles. The van der Waals surface area contributed by atoms with Crippen molar-refractivity contribution in [1.82, 2.24) is 19.3 Å². The number of benzene rings is 1. The summed E-state index contributed by atoms with van der Waals surface area (Å²) >= 11 is 2.33. The van der Waals surface area contributed by atoms with Gasteiger partial charge in [-0.05, 0) is 79.9 Å². The van der Waals surface area contributed by atoms with E-state index in [2.05, 4.69) is 51.1 Å². The van der Waals surface area contributed by atoms with Gasteiger partial charge in [0.2, 0.25) is 0 Å². The maximum Gasteiger partial charge on any atom is 0.290 e. The molecule has 170 valence electrons. The fourth-order valence-corrected chi connectivity index (χ4v) is 5.81. The lowest BCUT2D eigenvalue weighted by molar-refractivity contribution is -0.00532. The summed E-state index contributed by atoms with van der Waals surface area (Å²) in [4.78, 5) is 15.1. The largest absolute Gasteiger partial charge is 0.488 e. The fourth-order valence-electron chi connectivity index (χ4n) is 4.29. The summed E-state index contributed by atoms with van der Waals surface area (Å²) in [5, 5.41) is 10.4. The Bertz CT molecular complexity index is 1230. The van der Waals surface area contributed by atoms with Crippen LogP contribution in [0.3, 0.4) is 0 Å². The number of rotatable bonds is 5. The first-order valence-electron chi connectivity index (χ1n) is 10.8. The lowest BCUT2D eigenvalue weighted by Crippen LogP contribution is -2.47. The van der Waals surface area contributed by atoms with Crippen LogP contribution in [0.25, 0.3) is 22.3 Å². The predicted molar refractivity (Wildman–Crippen MR) is 136 cm³/mol. The Balaban J connectivity index is 1.62. The molecule has 1 saturated carbocycles. The molecule has 1 aliphatic heterocycles. The van der Waals surface area contributed by atoms with Gasteiger partial charge in [0.05, 0.1) is 24.1 Å². The van der Waals surface area contributed by atoms with E-state index in [1.807, 2.05) is 30.4 Å². The summed E-state index contributed by atoms with van der Waals surface area (Å²) in [6, 6.07) is 8.01. The standard InChI is InChI=1S/C22H27IN5O3P/c1-13-11-27(12-14(2)30-13)19-10-17(24-26(4)21(19)29)20-16-9-15(31-22(3)7-8-22)5-6-18(16)28(25-20)32-23/h5-6,9-10,13-14,32H,7-8,11-12H2,1-4H3. The second-order valence-electron chi connectivity index (χ2n) is 9.08. The molecule has 10 heteroatoms. The van der Waals surface area contributed by atoms with Crippen LogP contribution in [-0.4, -0.2) is 50.2 Å². The first-order chi connectivity index (χ1) is 15.3. The van der Waals surface area contributed by atoms with Crippen molar-refractivity contribution in [2.45, 2.75) is 51.4 Å². The van der Waals surface area contributed by atoms with Crippen LogP contribution in [-0.2, 0) is 11.8 Å². The summed E-state index contributed by atoms with van der Waals surface area (Å²) in [5.74, 6) is 0.843. The highest BCUT2D eigenvalue weighted by Gasteiger charge is 2.40. The van der Waals surface area contributed by atoms with Crippen LogP contribution in [0.2, 0.25) is 0 Å². The Kier molecular flexibility index (Phi) is 5.70. The molecule has 0 N–H and O–H groups in total. The third-order valence-electron chi connectivity index (χ3n) is 6.10. The average molecular weight is 567 g/mol. The van der Waals surface area contributed by atoms with Gasteiger partial charge in [0, 0.05) is 25.5 Å². The van der Waals surface area contributed by atoms with Gasteiger partial charge in [0.15, 0.2) is 0 Å². The molecule has 3 heterocycles. The first kappa shape index (κ1) is 22.1. The van der Waals surface area contributed by atoms with Crippen LogP contribution >= 0.6 is 28.4 Å². The predicted octanol–water partition coefficient (Wildman–Crippen LogP) is 4.13. The molecule has 1 aromatic carbocycles. The van der Waals surface area contributed by atoms with Gasteiger partial charge in [-0.3, -0.25) is 4.79 Å². The van der Waals surface area contributed by atoms with Gasteiger partial charge in [0.25, 0.3) is 5.56 Å². The number of aryl methyl sites for hydroxylation is 1. The maximum absolute atomic E-state index is 13.0. The van der Waals surface area contributed by atoms with E-state index in [-0.39, 0.29) is 23.4 Å². The molecule has 3 unspecified atom stereocenters. The molecule has 0 spiro atoms. The summed E-state index contributed by atoms with van der Waals surface area (Å²) < 4.78 is 15.5. The number of anilines is 1. The molecule has 0 radical (unpaired) electrons. The van der Waals surface area contributed by atoms with E-state index in [1.54, 1.807) is 7.05 Å². The van der Waals surface area contributed by atoms with Crippen molar-refractivity contribution in [1.29, 1.82) is 0 Å². The molecule has 2 aliphatic rings. The van der Waals surface area contributed by atoms with Crippen LogP contribution in [0.5, 0.6) is 5.75 Å². The van der Waals surface area contributed by atoms with Crippen LogP contribution in [0.4, 0.5) is 5.69 Å². The van der Waals surface area contributed by atoms with Gasteiger partial charge in [0.1, 0.15) is 28.4 Å². The zero-order valence-electron chi connectivity index (χ0n) is 18.6. The van der Waals surface area contributed by atoms with Crippen molar-refractivity contribution in [3.63, 3.8) is 0 Å². The van der Waals surface area contributed by atoms with E-state index in [9.17, 15) is 4.79 Å². The zero-order valence-corrected chi connectivity index (χ0v) is 21.8. The summed E-state index contributed by atoms with van der Waals surface area (Å²) in [7, 11) is 1.70. The SMILES string of the molecule is CC1CN(c2cc(-c3nn(PI)c4ccc(OC5(C)CC5)cc34)nn(C)c2=O)CC(C)O1. The normalized spacial score (nSPS) is 22.7. The lowest BCUT2D eigenvalue weighted by atomic mass is 10.1. The number of halogens is 1. The number of hydrogen-bond acceptors (Lipinski definition) is 6. The summed E-state index contributed by atoms with van der Waals surface area (Å²) in [6.07, 6.45) is 2.72. The highest BCUT2D eigenvalue weighted by Crippen LogP contribution is 2.42. The van der Waals surface area contributed by atoms with Crippen LogP contribution in [0.15, 0.2) is 29.1 Å². The van der Waals surface area contributed by atoms with E-state index in [0.717, 1.165) is 35.2 Å². The Hall–Kier alpha value is -1.71. The summed E-state index contributed by atoms with van der Waals surface area (Å²) in [5.41, 5.74) is 2.95. The van der Waals surface area contributed by atoms with Crippen molar-refractivity contribution in [2.24, 2.45) is 7.05 Å². The molecule has 5 rings (SSSR count). The van der Waals surface area contributed by atoms with Crippen molar-refractivity contribution in [2.75, 3.05) is 18.0 Å². The minimum atomic E-state index is -0.111. The summed E-state index contributed by atoms with van der Waals surface area (Å²) in [6.45, 7) is 7.55. The monoisotopic (exact) mass is 567 g/mol. The molecule has 8 nitrogen and oxygen atoms in total. The Morgan fingerprint density at radius 1 is 1.19 bits per heavy atom. The van der Waals surface area contributed by atoms with E-state index < -0.39 is 0 Å². The topological polar surface area (TPSA) is 74.4 Å². The molecule has 1 aliphatic carbocycles. The van der Waals surface area contributed by atoms with Gasteiger partial charge in [-0.1, -0.05) is 0 Å². The third-order valence-corrected chi connectivity index (χ3v) is 7.97. The molecule has 1 saturated heterocycles. The minimum absolute atomic E-state index is 0.0549. The molecule has 0 amide bonds. The zero-order chi connectivity index (χ0) is 22.6. The van der Waals surface area contributed by atoms with Crippen LogP contribution in [0, 0.1) is 0 Å². The van der Waals surface area contributed by atoms with Crippen molar-refractivity contribution in [3.05, 3.63) is 34.6 Å². The Morgan fingerprint density at radius 3 is 2.56 bits per heavy atom. The highest BCUT2D eigenvalue weighted by atomic mass is 127. The highest BCUT2D eigenvalue weighted by molar-refractivity contribution is 14.2. The van der Waals surface area contributed by atoms with E-state index >= 15 is 0 Å². The quantitative estimate of drug-likeness (QED) is 0.341. The molecular formula is C22H27IN5O3P. The molecule has 2 fully saturated rings. The number of nitrogens with zero attached hydrogens (tertiary/aromatic N) is 5. The van der Waals surface area contributed by atoms with Crippen molar-refractivity contribution in [3.8, 4) is 17.1 Å². The van der Waals surface area contributed by atoms with Crippen molar-refractivity contribution < 1.29 is 9.47 Å². The van der Waals surface area contributed by atoms with Crippen LogP contribution < -0.4 is 15.2 Å². The Morgan fingerprint density at radius 2 is 1.91 bits per heavy atom. The van der Waals surface area contributed by atoms with Gasteiger partial charge < -0.3 is 14.4 Å². The third kappa shape index (κ3) is 4.15. The van der Waals surface area contributed by atoms with E-state index in [1.165, 1.54) is 4.68 Å². The van der Waals surface area contributed by atoms with Gasteiger partial charge in [-0.15, -0.1) is 0 Å². The fraction of sp³-hybridized carbons (Fsp3) is 0.500.